The van der Waals surface area contributed by atoms with Crippen molar-refractivity contribution in [3.8, 4) is 0 Å². The summed E-state index contributed by atoms with van der Waals surface area (Å²) in [5.74, 6) is 0. The highest BCUT2D eigenvalue weighted by molar-refractivity contribution is 9.10. The first kappa shape index (κ1) is 15.4. The van der Waals surface area contributed by atoms with Gasteiger partial charge >= 0.3 is 0 Å². The average molecular weight is 354 g/mol. The second kappa shape index (κ2) is 6.61. The van der Waals surface area contributed by atoms with Crippen LogP contribution in [0.25, 0.3) is 0 Å². The van der Waals surface area contributed by atoms with Gasteiger partial charge in [-0.2, -0.15) is 0 Å². The van der Waals surface area contributed by atoms with E-state index in [-0.39, 0.29) is 6.04 Å². The zero-order valence-corrected chi connectivity index (χ0v) is 13.9. The van der Waals surface area contributed by atoms with E-state index in [0.717, 1.165) is 27.3 Å². The van der Waals surface area contributed by atoms with Gasteiger partial charge in [-0.1, -0.05) is 39.7 Å². The molecular formula is C16H18BrClN2. The second-order valence-electron chi connectivity index (χ2n) is 4.98. The van der Waals surface area contributed by atoms with E-state index in [1.165, 1.54) is 5.56 Å². The molecule has 20 heavy (non-hydrogen) atoms. The summed E-state index contributed by atoms with van der Waals surface area (Å²) in [7, 11) is 2.07. The quantitative estimate of drug-likeness (QED) is 0.858. The Morgan fingerprint density at radius 3 is 2.65 bits per heavy atom. The lowest BCUT2D eigenvalue weighted by Crippen LogP contribution is -2.20. The lowest BCUT2D eigenvalue weighted by atomic mass is 10.1. The number of hydrogen-bond acceptors (Lipinski definition) is 2. The molecule has 2 rings (SSSR count). The minimum atomic E-state index is -0.00990. The van der Waals surface area contributed by atoms with Crippen LogP contribution in [0.5, 0.6) is 0 Å². The summed E-state index contributed by atoms with van der Waals surface area (Å²) in [5, 5.41) is 0.763. The number of rotatable bonds is 4. The van der Waals surface area contributed by atoms with Crippen molar-refractivity contribution < 1.29 is 0 Å². The Labute approximate surface area is 133 Å². The van der Waals surface area contributed by atoms with Gasteiger partial charge in [0.25, 0.3) is 0 Å². The van der Waals surface area contributed by atoms with Crippen molar-refractivity contribution in [2.75, 3.05) is 11.9 Å². The van der Waals surface area contributed by atoms with Gasteiger partial charge in [0.05, 0.1) is 0 Å². The third-order valence-corrected chi connectivity index (χ3v) is 3.93. The smallest absolute Gasteiger partial charge is 0.0426 e. The predicted octanol–water partition coefficient (Wildman–Crippen LogP) is 4.76. The SMILES string of the molecule is CC(N)c1cc(Br)ccc1N(C)Cc1cccc(Cl)c1. The Bertz CT molecular complexity index is 599. The molecule has 1 unspecified atom stereocenters. The van der Waals surface area contributed by atoms with Gasteiger partial charge in [0.1, 0.15) is 0 Å². The first-order chi connectivity index (χ1) is 9.47. The fourth-order valence-electron chi connectivity index (χ4n) is 2.23. The molecule has 0 amide bonds. The molecule has 0 saturated carbocycles. The largest absolute Gasteiger partial charge is 0.370 e. The normalized spacial score (nSPS) is 12.2. The van der Waals surface area contributed by atoms with Crippen LogP contribution in [0.2, 0.25) is 5.02 Å². The van der Waals surface area contributed by atoms with Crippen molar-refractivity contribution in [2.24, 2.45) is 5.73 Å². The first-order valence-electron chi connectivity index (χ1n) is 6.48. The van der Waals surface area contributed by atoms with Crippen molar-refractivity contribution in [2.45, 2.75) is 19.5 Å². The summed E-state index contributed by atoms with van der Waals surface area (Å²) >= 11 is 9.53. The third-order valence-electron chi connectivity index (χ3n) is 3.20. The minimum Gasteiger partial charge on any atom is -0.370 e. The fraction of sp³-hybridized carbons (Fsp3) is 0.250. The van der Waals surface area contributed by atoms with Crippen LogP contribution in [0.15, 0.2) is 46.9 Å². The maximum Gasteiger partial charge on any atom is 0.0426 e. The maximum atomic E-state index is 6.07. The van der Waals surface area contributed by atoms with Crippen LogP contribution < -0.4 is 10.6 Å². The van der Waals surface area contributed by atoms with Gasteiger partial charge < -0.3 is 10.6 Å². The minimum absolute atomic E-state index is 0.00990. The molecule has 0 aliphatic carbocycles. The fourth-order valence-corrected chi connectivity index (χ4v) is 2.82. The monoisotopic (exact) mass is 352 g/mol. The van der Waals surface area contributed by atoms with Crippen LogP contribution in [0.4, 0.5) is 5.69 Å². The van der Waals surface area contributed by atoms with E-state index < -0.39 is 0 Å². The lowest BCUT2D eigenvalue weighted by Gasteiger charge is -2.24. The molecule has 0 spiro atoms. The summed E-state index contributed by atoms with van der Waals surface area (Å²) in [5.41, 5.74) is 9.52. The van der Waals surface area contributed by atoms with Gasteiger partial charge in [-0.25, -0.2) is 0 Å². The van der Waals surface area contributed by atoms with Crippen LogP contribution in [0.3, 0.4) is 0 Å². The van der Waals surface area contributed by atoms with Crippen molar-refractivity contribution in [3.63, 3.8) is 0 Å². The molecule has 0 saturated heterocycles. The molecule has 106 valence electrons. The Morgan fingerprint density at radius 1 is 1.25 bits per heavy atom. The molecule has 0 radical (unpaired) electrons. The third kappa shape index (κ3) is 3.75. The van der Waals surface area contributed by atoms with E-state index in [1.54, 1.807) is 0 Å². The van der Waals surface area contributed by atoms with Crippen LogP contribution in [0, 0.1) is 0 Å². The Hall–Kier alpha value is -1.03. The van der Waals surface area contributed by atoms with E-state index in [1.807, 2.05) is 31.2 Å². The number of halogens is 2. The van der Waals surface area contributed by atoms with Crippen molar-refractivity contribution >= 4 is 33.2 Å². The topological polar surface area (TPSA) is 29.3 Å². The van der Waals surface area contributed by atoms with Gasteiger partial charge in [-0.05, 0) is 48.4 Å². The van der Waals surface area contributed by atoms with E-state index in [9.17, 15) is 0 Å². The number of nitrogens with two attached hydrogens (primary N) is 1. The lowest BCUT2D eigenvalue weighted by molar-refractivity contribution is 0.800. The standard InChI is InChI=1S/C16H18BrClN2/c1-11(19)15-9-13(17)6-7-16(15)20(2)10-12-4-3-5-14(18)8-12/h3-9,11H,10,19H2,1-2H3. The van der Waals surface area contributed by atoms with Crippen LogP contribution >= 0.6 is 27.5 Å². The molecule has 1 atom stereocenters. The first-order valence-corrected chi connectivity index (χ1v) is 7.65. The average Bonchev–Trinajstić information content (AvgIpc) is 2.38. The van der Waals surface area contributed by atoms with Crippen LogP contribution in [0.1, 0.15) is 24.1 Å². The highest BCUT2D eigenvalue weighted by Gasteiger charge is 2.12. The zero-order chi connectivity index (χ0) is 14.7. The number of anilines is 1. The number of nitrogens with zero attached hydrogens (tertiary/aromatic N) is 1. The highest BCUT2D eigenvalue weighted by atomic mass is 79.9. The van der Waals surface area contributed by atoms with E-state index in [2.05, 4.69) is 46.1 Å². The Kier molecular flexibility index (Phi) is 5.08. The zero-order valence-electron chi connectivity index (χ0n) is 11.6. The van der Waals surface area contributed by atoms with Gasteiger partial charge in [0.15, 0.2) is 0 Å². The second-order valence-corrected chi connectivity index (χ2v) is 6.33. The van der Waals surface area contributed by atoms with E-state index in [0.29, 0.717) is 0 Å². The van der Waals surface area contributed by atoms with Crippen molar-refractivity contribution in [1.29, 1.82) is 0 Å². The maximum absolute atomic E-state index is 6.07. The summed E-state index contributed by atoms with van der Waals surface area (Å²) in [6, 6.07) is 14.1. The molecule has 0 aliphatic heterocycles. The summed E-state index contributed by atoms with van der Waals surface area (Å²) in [6.07, 6.45) is 0. The molecular weight excluding hydrogens is 336 g/mol. The molecule has 2 aromatic rings. The van der Waals surface area contributed by atoms with E-state index in [4.69, 9.17) is 17.3 Å². The molecule has 0 heterocycles. The van der Waals surface area contributed by atoms with Crippen molar-refractivity contribution in [1.82, 2.24) is 0 Å². The summed E-state index contributed by atoms with van der Waals surface area (Å²) in [6.45, 7) is 2.79. The van der Waals surface area contributed by atoms with Crippen LogP contribution in [-0.4, -0.2) is 7.05 Å². The molecule has 0 aliphatic rings. The molecule has 2 N–H and O–H groups in total. The molecule has 0 bridgehead atoms. The Morgan fingerprint density at radius 2 is 2.00 bits per heavy atom. The molecule has 2 nitrogen and oxygen atoms in total. The Balaban J connectivity index is 2.27. The number of benzene rings is 2. The predicted molar refractivity (Wildman–Crippen MR) is 90.3 cm³/mol. The van der Waals surface area contributed by atoms with Gasteiger partial charge in [-0.3, -0.25) is 0 Å². The highest BCUT2D eigenvalue weighted by Crippen LogP contribution is 2.29. The van der Waals surface area contributed by atoms with Gasteiger partial charge in [0, 0.05) is 34.8 Å². The van der Waals surface area contributed by atoms with Gasteiger partial charge in [-0.15, -0.1) is 0 Å². The molecule has 0 fully saturated rings. The molecule has 4 heteroatoms. The summed E-state index contributed by atoms with van der Waals surface area (Å²) in [4.78, 5) is 2.19. The molecule has 0 aromatic heterocycles. The number of hydrogen-bond donors (Lipinski definition) is 1. The van der Waals surface area contributed by atoms with E-state index >= 15 is 0 Å². The molecule has 2 aromatic carbocycles. The summed E-state index contributed by atoms with van der Waals surface area (Å²) < 4.78 is 1.05. The van der Waals surface area contributed by atoms with Crippen molar-refractivity contribution in [3.05, 3.63) is 63.1 Å². The van der Waals surface area contributed by atoms with Gasteiger partial charge in [0.2, 0.25) is 0 Å². The van der Waals surface area contributed by atoms with Crippen LogP contribution in [-0.2, 0) is 6.54 Å².